The van der Waals surface area contributed by atoms with Crippen LogP contribution in [0.3, 0.4) is 0 Å². The van der Waals surface area contributed by atoms with Crippen LogP contribution in [0.5, 0.6) is 0 Å². The van der Waals surface area contributed by atoms with Crippen LogP contribution in [0.2, 0.25) is 0 Å². The van der Waals surface area contributed by atoms with E-state index in [-0.39, 0.29) is 6.04 Å². The van der Waals surface area contributed by atoms with Crippen molar-refractivity contribution in [2.24, 2.45) is 5.92 Å². The van der Waals surface area contributed by atoms with Crippen LogP contribution >= 0.6 is 11.3 Å². The Balaban J connectivity index is 1.16. The second kappa shape index (κ2) is 10.6. The van der Waals surface area contributed by atoms with Gasteiger partial charge in [0.1, 0.15) is 0 Å². The van der Waals surface area contributed by atoms with Crippen molar-refractivity contribution in [2.75, 3.05) is 51.2 Å². The van der Waals surface area contributed by atoms with Crippen molar-refractivity contribution in [3.05, 3.63) is 29.6 Å². The van der Waals surface area contributed by atoms with Crippen molar-refractivity contribution >= 4 is 33.1 Å². The highest BCUT2D eigenvalue weighted by molar-refractivity contribution is 7.17. The maximum atomic E-state index is 12.6. The molecule has 170 valence electrons. The number of urea groups is 1. The maximum Gasteiger partial charge on any atom is 0.321 e. The SMILES string of the molecule is O=C(N[C@H]1CC[C@H](CCN2CCN(c3cccc4sccc34)CC2)CC1)N(CF)CF. The second-order valence-electron chi connectivity index (χ2n) is 8.67. The highest BCUT2D eigenvalue weighted by Crippen LogP contribution is 2.31. The lowest BCUT2D eigenvalue weighted by molar-refractivity contribution is 0.131. The van der Waals surface area contributed by atoms with E-state index < -0.39 is 19.6 Å². The predicted octanol–water partition coefficient (Wildman–Crippen LogP) is 4.84. The molecule has 0 radical (unpaired) electrons. The molecule has 1 aliphatic carbocycles. The number of halogens is 2. The number of alkyl halides is 2. The van der Waals surface area contributed by atoms with Gasteiger partial charge in [0.25, 0.3) is 0 Å². The number of benzene rings is 1. The molecule has 1 aromatic heterocycles. The highest BCUT2D eigenvalue weighted by Gasteiger charge is 2.25. The zero-order valence-corrected chi connectivity index (χ0v) is 18.8. The predicted molar refractivity (Wildman–Crippen MR) is 123 cm³/mol. The molecule has 2 heterocycles. The van der Waals surface area contributed by atoms with Gasteiger partial charge in [0.05, 0.1) is 0 Å². The van der Waals surface area contributed by atoms with Crippen LogP contribution in [0.4, 0.5) is 19.3 Å². The van der Waals surface area contributed by atoms with E-state index in [9.17, 15) is 13.6 Å². The van der Waals surface area contributed by atoms with Gasteiger partial charge in [-0.05, 0) is 68.1 Å². The van der Waals surface area contributed by atoms with Crippen molar-refractivity contribution < 1.29 is 13.6 Å². The first-order chi connectivity index (χ1) is 15.2. The summed E-state index contributed by atoms with van der Waals surface area (Å²) in [6.45, 7) is 3.25. The topological polar surface area (TPSA) is 38.8 Å². The first-order valence-electron chi connectivity index (χ1n) is 11.3. The molecule has 0 unspecified atom stereocenters. The van der Waals surface area contributed by atoms with E-state index in [1.54, 1.807) is 11.3 Å². The van der Waals surface area contributed by atoms with Crippen LogP contribution in [0, 0.1) is 5.92 Å². The smallest absolute Gasteiger partial charge is 0.321 e. The summed E-state index contributed by atoms with van der Waals surface area (Å²) >= 11 is 1.80. The van der Waals surface area contributed by atoms with Crippen molar-refractivity contribution in [3.63, 3.8) is 0 Å². The fourth-order valence-corrected chi connectivity index (χ4v) is 5.64. The molecule has 0 spiro atoms. The standard InChI is InChI=1S/C23H32F2N4OS/c24-16-29(17-25)23(30)26-19-6-4-18(5-7-19)8-10-27-11-13-28(14-12-27)21-2-1-3-22-20(21)9-15-31-22/h1-3,9,15,18-19H,4-8,10-14,16-17H2,(H,26,30)/t18-,19-. The number of nitrogens with zero attached hydrogens (tertiary/aromatic N) is 3. The Labute approximate surface area is 187 Å². The number of thiophene rings is 1. The average molecular weight is 451 g/mol. The van der Waals surface area contributed by atoms with E-state index in [4.69, 9.17) is 0 Å². The summed E-state index contributed by atoms with van der Waals surface area (Å²) in [5.41, 5.74) is 1.36. The van der Waals surface area contributed by atoms with Gasteiger partial charge >= 0.3 is 6.03 Å². The summed E-state index contributed by atoms with van der Waals surface area (Å²) in [6, 6.07) is 8.22. The Kier molecular flexibility index (Phi) is 7.61. The lowest BCUT2D eigenvalue weighted by Crippen LogP contribution is -2.47. The molecule has 1 saturated carbocycles. The first-order valence-corrected chi connectivity index (χ1v) is 12.2. The number of carbonyl (C=O) groups excluding carboxylic acids is 1. The third kappa shape index (κ3) is 5.47. The Morgan fingerprint density at radius 2 is 1.81 bits per heavy atom. The van der Waals surface area contributed by atoms with E-state index in [0.29, 0.717) is 10.8 Å². The van der Waals surface area contributed by atoms with Crippen molar-refractivity contribution in [2.45, 2.75) is 38.1 Å². The molecule has 31 heavy (non-hydrogen) atoms. The molecule has 0 bridgehead atoms. The molecular formula is C23H32F2N4OS. The fourth-order valence-electron chi connectivity index (χ4n) is 4.83. The normalized spacial score (nSPS) is 22.6. The third-order valence-electron chi connectivity index (χ3n) is 6.79. The number of hydrogen-bond donors (Lipinski definition) is 1. The Morgan fingerprint density at radius 1 is 1.06 bits per heavy atom. The maximum absolute atomic E-state index is 12.6. The molecule has 5 nitrogen and oxygen atoms in total. The molecule has 0 atom stereocenters. The first kappa shape index (κ1) is 22.3. The molecule has 1 aliphatic heterocycles. The Hall–Kier alpha value is -1.93. The number of anilines is 1. The van der Waals surface area contributed by atoms with Gasteiger partial charge in [0.2, 0.25) is 0 Å². The fraction of sp³-hybridized carbons (Fsp3) is 0.609. The summed E-state index contributed by atoms with van der Waals surface area (Å²) in [6.07, 6.45) is 5.09. The number of amides is 2. The molecule has 2 aliphatic rings. The lowest BCUT2D eigenvalue weighted by Gasteiger charge is -2.37. The number of rotatable bonds is 7. The summed E-state index contributed by atoms with van der Waals surface area (Å²) in [5, 5.41) is 6.31. The number of piperazine rings is 1. The number of carbonyl (C=O) groups is 1. The monoisotopic (exact) mass is 450 g/mol. The van der Waals surface area contributed by atoms with Gasteiger partial charge in [-0.15, -0.1) is 11.3 Å². The van der Waals surface area contributed by atoms with Gasteiger partial charge in [0, 0.05) is 48.0 Å². The molecule has 1 saturated heterocycles. The second-order valence-corrected chi connectivity index (χ2v) is 9.62. The largest absolute Gasteiger partial charge is 0.368 e. The Morgan fingerprint density at radius 3 is 2.52 bits per heavy atom. The molecule has 1 aromatic carbocycles. The van der Waals surface area contributed by atoms with E-state index in [1.165, 1.54) is 22.2 Å². The van der Waals surface area contributed by atoms with Crippen LogP contribution in [-0.4, -0.2) is 68.2 Å². The highest BCUT2D eigenvalue weighted by atomic mass is 32.1. The zero-order chi connectivity index (χ0) is 21.6. The number of fused-ring (bicyclic) bond motifs is 1. The zero-order valence-electron chi connectivity index (χ0n) is 17.9. The molecular weight excluding hydrogens is 418 g/mol. The van der Waals surface area contributed by atoms with Gasteiger partial charge in [-0.3, -0.25) is 9.80 Å². The quantitative estimate of drug-likeness (QED) is 0.614. The third-order valence-corrected chi connectivity index (χ3v) is 7.67. The van der Waals surface area contributed by atoms with Crippen molar-refractivity contribution in [1.29, 1.82) is 0 Å². The molecule has 2 fully saturated rings. The van der Waals surface area contributed by atoms with Gasteiger partial charge in [-0.1, -0.05) is 6.07 Å². The summed E-state index contributed by atoms with van der Waals surface area (Å²) in [5.74, 6) is 0.671. The molecule has 4 rings (SSSR count). The van der Waals surface area contributed by atoms with Crippen LogP contribution < -0.4 is 10.2 Å². The van der Waals surface area contributed by atoms with Gasteiger partial charge < -0.3 is 10.2 Å². The van der Waals surface area contributed by atoms with Gasteiger partial charge in [-0.2, -0.15) is 0 Å². The van der Waals surface area contributed by atoms with Crippen LogP contribution in [0.25, 0.3) is 10.1 Å². The van der Waals surface area contributed by atoms with E-state index in [0.717, 1.165) is 58.4 Å². The van der Waals surface area contributed by atoms with Crippen LogP contribution in [-0.2, 0) is 0 Å². The van der Waals surface area contributed by atoms with E-state index in [1.807, 2.05) is 0 Å². The number of hydrogen-bond acceptors (Lipinski definition) is 4. The summed E-state index contributed by atoms with van der Waals surface area (Å²) in [7, 11) is 0. The number of nitrogens with one attached hydrogen (secondary N) is 1. The minimum Gasteiger partial charge on any atom is -0.368 e. The average Bonchev–Trinajstić information content (AvgIpc) is 3.29. The summed E-state index contributed by atoms with van der Waals surface area (Å²) < 4.78 is 26.5. The lowest BCUT2D eigenvalue weighted by atomic mass is 9.84. The van der Waals surface area contributed by atoms with Crippen LogP contribution in [0.15, 0.2) is 29.6 Å². The molecule has 2 aromatic rings. The molecule has 1 N–H and O–H groups in total. The minimum absolute atomic E-state index is 0.0349. The Bertz CT molecular complexity index is 843. The minimum atomic E-state index is -1.09. The molecule has 2 amide bonds. The van der Waals surface area contributed by atoms with Crippen LogP contribution in [0.1, 0.15) is 32.1 Å². The van der Waals surface area contributed by atoms with Gasteiger partial charge in [0.15, 0.2) is 13.6 Å². The summed E-state index contributed by atoms with van der Waals surface area (Å²) in [4.78, 5) is 17.4. The van der Waals surface area contributed by atoms with Crippen molar-refractivity contribution in [3.8, 4) is 0 Å². The van der Waals surface area contributed by atoms with Crippen molar-refractivity contribution in [1.82, 2.24) is 15.1 Å². The molecule has 8 heteroatoms. The van der Waals surface area contributed by atoms with E-state index in [2.05, 4.69) is 44.8 Å². The van der Waals surface area contributed by atoms with Gasteiger partial charge in [-0.25, -0.2) is 13.6 Å². The van der Waals surface area contributed by atoms with E-state index >= 15 is 0 Å².